The van der Waals surface area contributed by atoms with Crippen molar-refractivity contribution in [1.29, 1.82) is 0 Å². The Kier molecular flexibility index (Phi) is 6.41. The van der Waals surface area contributed by atoms with Gasteiger partial charge in [-0.3, -0.25) is 0 Å². The summed E-state index contributed by atoms with van der Waals surface area (Å²) in [6.45, 7) is 6.80. The number of ether oxygens (including phenoxy) is 2. The lowest BCUT2D eigenvalue weighted by Crippen LogP contribution is -2.49. The van der Waals surface area contributed by atoms with Crippen LogP contribution in [0.5, 0.6) is 0 Å². The molecule has 1 aliphatic heterocycles. The van der Waals surface area contributed by atoms with Gasteiger partial charge in [0.05, 0.1) is 6.04 Å². The molecule has 1 saturated heterocycles. The van der Waals surface area contributed by atoms with Gasteiger partial charge in [0.15, 0.2) is 6.29 Å². The topological polar surface area (TPSA) is 33.7 Å². The van der Waals surface area contributed by atoms with E-state index >= 15 is 0 Å². The van der Waals surface area contributed by atoms with Crippen LogP contribution in [0.25, 0.3) is 0 Å². The molecule has 0 aromatic heterocycles. The normalized spacial score (nSPS) is 26.1. The molecule has 0 radical (unpaired) electrons. The van der Waals surface area contributed by atoms with Gasteiger partial charge >= 0.3 is 0 Å². The molecule has 4 nitrogen and oxygen atoms in total. The van der Waals surface area contributed by atoms with E-state index in [1.54, 1.807) is 14.2 Å². The second kappa shape index (κ2) is 7.31. The highest BCUT2D eigenvalue weighted by atomic mass is 16.7. The number of piperidine rings is 1. The molecule has 102 valence electrons. The first-order valence-electron chi connectivity index (χ1n) is 6.58. The largest absolute Gasteiger partial charge is 0.354 e. The molecule has 1 aliphatic rings. The predicted molar refractivity (Wildman–Crippen MR) is 70.1 cm³/mol. The third-order valence-corrected chi connectivity index (χ3v) is 3.77. The summed E-state index contributed by atoms with van der Waals surface area (Å²) in [6, 6.07) is 0.716. The molecule has 0 saturated carbocycles. The highest BCUT2D eigenvalue weighted by Gasteiger charge is 2.25. The second-order valence-electron chi connectivity index (χ2n) is 5.25. The molecule has 0 amide bonds. The molecule has 1 fully saturated rings. The van der Waals surface area contributed by atoms with Crippen molar-refractivity contribution in [2.24, 2.45) is 5.92 Å². The van der Waals surface area contributed by atoms with E-state index < -0.39 is 0 Å². The predicted octanol–water partition coefficient (Wildman–Crippen LogP) is 1.31. The molecule has 1 heterocycles. The maximum atomic E-state index is 5.28. The smallest absolute Gasteiger partial charge is 0.171 e. The van der Waals surface area contributed by atoms with Crippen molar-refractivity contribution in [3.8, 4) is 0 Å². The van der Waals surface area contributed by atoms with Crippen LogP contribution in [-0.4, -0.2) is 57.6 Å². The Hall–Kier alpha value is -0.160. The summed E-state index contributed by atoms with van der Waals surface area (Å²) in [6.07, 6.45) is 2.45. The van der Waals surface area contributed by atoms with Crippen LogP contribution in [0.2, 0.25) is 0 Å². The van der Waals surface area contributed by atoms with E-state index in [0.29, 0.717) is 6.04 Å². The van der Waals surface area contributed by atoms with Crippen LogP contribution in [0.4, 0.5) is 0 Å². The fourth-order valence-corrected chi connectivity index (χ4v) is 2.75. The van der Waals surface area contributed by atoms with Gasteiger partial charge in [-0.2, -0.15) is 0 Å². The van der Waals surface area contributed by atoms with Gasteiger partial charge in [-0.05, 0) is 46.2 Å². The van der Waals surface area contributed by atoms with Crippen molar-refractivity contribution in [2.45, 2.75) is 45.1 Å². The van der Waals surface area contributed by atoms with E-state index in [2.05, 4.69) is 31.1 Å². The molecular weight excluding hydrogens is 216 g/mol. The molecular formula is C13H28N2O2. The first kappa shape index (κ1) is 14.9. The van der Waals surface area contributed by atoms with Gasteiger partial charge in [-0.25, -0.2) is 0 Å². The minimum Gasteiger partial charge on any atom is -0.354 e. The van der Waals surface area contributed by atoms with Crippen molar-refractivity contribution < 1.29 is 9.47 Å². The van der Waals surface area contributed by atoms with Crippen molar-refractivity contribution in [3.63, 3.8) is 0 Å². The molecule has 4 heteroatoms. The van der Waals surface area contributed by atoms with Crippen LogP contribution >= 0.6 is 0 Å². The summed E-state index contributed by atoms with van der Waals surface area (Å²) in [5.74, 6) is 0.727. The van der Waals surface area contributed by atoms with E-state index in [1.165, 1.54) is 25.9 Å². The molecule has 0 spiro atoms. The molecule has 0 aliphatic carbocycles. The van der Waals surface area contributed by atoms with Gasteiger partial charge in [-0.15, -0.1) is 0 Å². The summed E-state index contributed by atoms with van der Waals surface area (Å²) in [5.41, 5.74) is 0. The maximum absolute atomic E-state index is 5.28. The Balaban J connectivity index is 2.39. The van der Waals surface area contributed by atoms with Crippen LogP contribution in [0.3, 0.4) is 0 Å². The standard InChI is InChI=1S/C13H28N2O2/c1-10(12-7-6-8-15(3)9-12)14-11(2)13(16-4)17-5/h10-14H,6-9H2,1-5H3. The SMILES string of the molecule is COC(OC)C(C)NC(C)C1CCCN(C)C1. The monoisotopic (exact) mass is 244 g/mol. The molecule has 0 aromatic rings. The van der Waals surface area contributed by atoms with E-state index in [1.807, 2.05) is 0 Å². The van der Waals surface area contributed by atoms with Gasteiger partial charge in [0.1, 0.15) is 0 Å². The molecule has 17 heavy (non-hydrogen) atoms. The lowest BCUT2D eigenvalue weighted by molar-refractivity contribution is -0.121. The highest BCUT2D eigenvalue weighted by Crippen LogP contribution is 2.19. The van der Waals surface area contributed by atoms with E-state index in [9.17, 15) is 0 Å². The van der Waals surface area contributed by atoms with Crippen molar-refractivity contribution in [2.75, 3.05) is 34.4 Å². The van der Waals surface area contributed by atoms with Gasteiger partial charge in [0.25, 0.3) is 0 Å². The van der Waals surface area contributed by atoms with E-state index in [4.69, 9.17) is 9.47 Å². The van der Waals surface area contributed by atoms with Gasteiger partial charge in [0, 0.05) is 26.8 Å². The molecule has 3 unspecified atom stereocenters. The summed E-state index contributed by atoms with van der Waals surface area (Å²) in [4.78, 5) is 2.42. The zero-order valence-corrected chi connectivity index (χ0v) is 11.9. The average molecular weight is 244 g/mol. The summed E-state index contributed by atoms with van der Waals surface area (Å²) >= 11 is 0. The Morgan fingerprint density at radius 1 is 1.24 bits per heavy atom. The first-order chi connectivity index (χ1) is 8.08. The summed E-state index contributed by atoms with van der Waals surface area (Å²) in [7, 11) is 5.58. The maximum Gasteiger partial charge on any atom is 0.171 e. The van der Waals surface area contributed by atoms with Gasteiger partial charge in [-0.1, -0.05) is 0 Å². The van der Waals surface area contributed by atoms with Gasteiger partial charge in [0.2, 0.25) is 0 Å². The number of hydrogen-bond donors (Lipinski definition) is 1. The van der Waals surface area contributed by atoms with Crippen molar-refractivity contribution >= 4 is 0 Å². The van der Waals surface area contributed by atoms with Crippen LogP contribution in [0.15, 0.2) is 0 Å². The Morgan fingerprint density at radius 2 is 1.88 bits per heavy atom. The summed E-state index contributed by atoms with van der Waals surface area (Å²) < 4.78 is 10.6. The van der Waals surface area contributed by atoms with Crippen LogP contribution in [0, 0.1) is 5.92 Å². The third-order valence-electron chi connectivity index (χ3n) is 3.77. The number of hydrogen-bond acceptors (Lipinski definition) is 4. The molecule has 1 N–H and O–H groups in total. The zero-order valence-electron chi connectivity index (χ0n) is 11.9. The van der Waals surface area contributed by atoms with Crippen LogP contribution in [-0.2, 0) is 9.47 Å². The van der Waals surface area contributed by atoms with Crippen molar-refractivity contribution in [3.05, 3.63) is 0 Å². The molecule has 1 rings (SSSR count). The number of nitrogens with zero attached hydrogens (tertiary/aromatic N) is 1. The molecule has 0 aromatic carbocycles. The minimum atomic E-state index is -0.168. The molecule has 0 bridgehead atoms. The first-order valence-corrected chi connectivity index (χ1v) is 6.58. The lowest BCUT2D eigenvalue weighted by atomic mass is 9.91. The Labute approximate surface area is 106 Å². The minimum absolute atomic E-state index is 0.168. The number of methoxy groups -OCH3 is 2. The van der Waals surface area contributed by atoms with Crippen LogP contribution < -0.4 is 5.32 Å². The van der Waals surface area contributed by atoms with E-state index in [-0.39, 0.29) is 12.3 Å². The zero-order chi connectivity index (χ0) is 12.8. The highest BCUT2D eigenvalue weighted by molar-refractivity contribution is 4.81. The number of rotatable bonds is 6. The van der Waals surface area contributed by atoms with Gasteiger partial charge < -0.3 is 19.7 Å². The number of nitrogens with one attached hydrogen (secondary N) is 1. The second-order valence-corrected chi connectivity index (χ2v) is 5.25. The summed E-state index contributed by atoms with van der Waals surface area (Å²) in [5, 5.41) is 3.60. The van der Waals surface area contributed by atoms with Crippen molar-refractivity contribution in [1.82, 2.24) is 10.2 Å². The fourth-order valence-electron chi connectivity index (χ4n) is 2.75. The van der Waals surface area contributed by atoms with E-state index in [0.717, 1.165) is 5.92 Å². The van der Waals surface area contributed by atoms with Crippen LogP contribution in [0.1, 0.15) is 26.7 Å². The Morgan fingerprint density at radius 3 is 2.41 bits per heavy atom. The Bertz CT molecular complexity index is 210. The number of likely N-dealkylation sites (tertiary alicyclic amines) is 1. The fraction of sp³-hybridized carbons (Fsp3) is 1.00. The average Bonchev–Trinajstić information content (AvgIpc) is 2.30. The quantitative estimate of drug-likeness (QED) is 0.714. The third kappa shape index (κ3) is 4.54. The lowest BCUT2D eigenvalue weighted by Gasteiger charge is -2.36. The molecule has 3 atom stereocenters.